The van der Waals surface area contributed by atoms with Crippen LogP contribution < -0.4 is 4.74 Å². The summed E-state index contributed by atoms with van der Waals surface area (Å²) in [5.74, 6) is 2.41. The topological polar surface area (TPSA) is 39.9 Å². The van der Waals surface area contributed by atoms with Gasteiger partial charge in [0.05, 0.1) is 0 Å². The Labute approximate surface area is 118 Å². The Balaban J connectivity index is 2.09. The van der Waals surface area contributed by atoms with Crippen molar-refractivity contribution in [1.82, 2.24) is 14.5 Å². The number of benzene rings is 1. The first kappa shape index (κ1) is 12.7. The van der Waals surface area contributed by atoms with Gasteiger partial charge in [-0.05, 0) is 39.0 Å². The van der Waals surface area contributed by atoms with Gasteiger partial charge in [0.25, 0.3) is 0 Å². The summed E-state index contributed by atoms with van der Waals surface area (Å²) in [7, 11) is 0. The number of imidazole rings is 1. The summed E-state index contributed by atoms with van der Waals surface area (Å²) in [6.45, 7) is 6.93. The lowest BCUT2D eigenvalue weighted by Crippen LogP contribution is -1.99. The summed E-state index contributed by atoms with van der Waals surface area (Å²) >= 11 is 0. The first-order valence-corrected chi connectivity index (χ1v) is 6.76. The summed E-state index contributed by atoms with van der Waals surface area (Å²) in [6.07, 6.45) is 0. The van der Waals surface area contributed by atoms with Crippen molar-refractivity contribution in [1.29, 1.82) is 0 Å². The molecule has 0 N–H and O–H groups in total. The average molecular weight is 267 g/mol. The molecule has 0 radical (unpaired) electrons. The van der Waals surface area contributed by atoms with E-state index >= 15 is 0 Å². The molecular weight excluding hydrogens is 250 g/mol. The van der Waals surface area contributed by atoms with Gasteiger partial charge in [-0.2, -0.15) is 4.98 Å². The first-order valence-electron chi connectivity index (χ1n) is 6.76. The third kappa shape index (κ3) is 2.13. The first-order chi connectivity index (χ1) is 9.69. The van der Waals surface area contributed by atoms with Crippen LogP contribution in [0.1, 0.15) is 18.3 Å². The van der Waals surface area contributed by atoms with Gasteiger partial charge >= 0.3 is 0 Å². The largest absolute Gasteiger partial charge is 0.439 e. The molecule has 0 saturated carbocycles. The number of rotatable bonds is 3. The summed E-state index contributed by atoms with van der Waals surface area (Å²) in [5, 5.41) is 0. The standard InChI is InChI=1S/C16H17N3O/c1-4-19-12(3)17-14-10-11(2)16(18-15(14)19)20-13-8-6-5-7-9-13/h5-10H,4H2,1-3H3. The quantitative estimate of drug-likeness (QED) is 0.723. The van der Waals surface area contributed by atoms with Gasteiger partial charge < -0.3 is 9.30 Å². The van der Waals surface area contributed by atoms with E-state index in [1.807, 2.05) is 50.2 Å². The van der Waals surface area contributed by atoms with Crippen molar-refractivity contribution in [3.8, 4) is 11.6 Å². The molecule has 0 amide bonds. The molecule has 0 spiro atoms. The Morgan fingerprint density at radius 1 is 1.10 bits per heavy atom. The normalized spacial score (nSPS) is 10.9. The molecule has 0 aliphatic heterocycles. The molecule has 0 aliphatic rings. The second-order valence-corrected chi connectivity index (χ2v) is 4.77. The molecule has 2 aromatic heterocycles. The zero-order valence-corrected chi connectivity index (χ0v) is 11.9. The van der Waals surface area contributed by atoms with E-state index in [2.05, 4.69) is 21.5 Å². The van der Waals surface area contributed by atoms with E-state index in [-0.39, 0.29) is 0 Å². The van der Waals surface area contributed by atoms with Crippen molar-refractivity contribution in [3.63, 3.8) is 0 Å². The number of hydrogen-bond donors (Lipinski definition) is 0. The van der Waals surface area contributed by atoms with E-state index in [0.29, 0.717) is 5.88 Å². The molecule has 102 valence electrons. The van der Waals surface area contributed by atoms with Crippen molar-refractivity contribution < 1.29 is 4.74 Å². The van der Waals surface area contributed by atoms with Gasteiger partial charge in [-0.3, -0.25) is 0 Å². The fourth-order valence-electron chi connectivity index (χ4n) is 2.32. The maximum atomic E-state index is 5.87. The zero-order valence-electron chi connectivity index (χ0n) is 11.9. The smallest absolute Gasteiger partial charge is 0.224 e. The lowest BCUT2D eigenvalue weighted by atomic mass is 10.3. The number of para-hydroxylation sites is 1. The van der Waals surface area contributed by atoms with Crippen LogP contribution in [-0.2, 0) is 6.54 Å². The molecule has 1 aromatic carbocycles. The minimum atomic E-state index is 0.637. The molecule has 20 heavy (non-hydrogen) atoms. The van der Waals surface area contributed by atoms with Crippen LogP contribution in [0, 0.1) is 13.8 Å². The zero-order chi connectivity index (χ0) is 14.1. The van der Waals surface area contributed by atoms with Crippen LogP contribution in [0.25, 0.3) is 11.2 Å². The highest BCUT2D eigenvalue weighted by molar-refractivity contribution is 5.73. The predicted octanol–water partition coefficient (Wildman–Crippen LogP) is 3.86. The van der Waals surface area contributed by atoms with Gasteiger partial charge in [0.2, 0.25) is 5.88 Å². The van der Waals surface area contributed by atoms with E-state index in [9.17, 15) is 0 Å². The fraction of sp³-hybridized carbons (Fsp3) is 0.250. The predicted molar refractivity (Wildman–Crippen MR) is 79.2 cm³/mol. The van der Waals surface area contributed by atoms with Gasteiger partial charge in [-0.1, -0.05) is 18.2 Å². The van der Waals surface area contributed by atoms with Crippen LogP contribution in [-0.4, -0.2) is 14.5 Å². The Morgan fingerprint density at radius 2 is 1.85 bits per heavy atom. The fourth-order valence-corrected chi connectivity index (χ4v) is 2.32. The highest BCUT2D eigenvalue weighted by Gasteiger charge is 2.12. The lowest BCUT2D eigenvalue weighted by molar-refractivity contribution is 0.460. The van der Waals surface area contributed by atoms with E-state index in [0.717, 1.165) is 34.8 Å². The second-order valence-electron chi connectivity index (χ2n) is 4.77. The highest BCUT2D eigenvalue weighted by Crippen LogP contribution is 2.26. The molecule has 0 saturated heterocycles. The number of aromatic nitrogens is 3. The van der Waals surface area contributed by atoms with Crippen molar-refractivity contribution in [2.75, 3.05) is 0 Å². The van der Waals surface area contributed by atoms with Crippen molar-refractivity contribution in [3.05, 3.63) is 47.8 Å². The maximum absolute atomic E-state index is 5.87. The Kier molecular flexibility index (Phi) is 3.14. The Hall–Kier alpha value is -2.36. The van der Waals surface area contributed by atoms with Crippen LogP contribution in [0.4, 0.5) is 0 Å². The number of nitrogens with zero attached hydrogens (tertiary/aromatic N) is 3. The van der Waals surface area contributed by atoms with E-state index in [1.165, 1.54) is 0 Å². The van der Waals surface area contributed by atoms with Gasteiger partial charge in [0.1, 0.15) is 17.1 Å². The molecule has 3 aromatic rings. The van der Waals surface area contributed by atoms with E-state index < -0.39 is 0 Å². The second kappa shape index (κ2) is 4.96. The van der Waals surface area contributed by atoms with Crippen LogP contribution in [0.3, 0.4) is 0 Å². The summed E-state index contributed by atoms with van der Waals surface area (Å²) in [5.41, 5.74) is 2.78. The van der Waals surface area contributed by atoms with Crippen molar-refractivity contribution >= 4 is 11.2 Å². The van der Waals surface area contributed by atoms with Gasteiger partial charge in [0, 0.05) is 12.1 Å². The van der Waals surface area contributed by atoms with Crippen molar-refractivity contribution in [2.24, 2.45) is 0 Å². The molecule has 2 heterocycles. The Bertz CT molecular complexity index is 747. The van der Waals surface area contributed by atoms with Crippen LogP contribution in [0.15, 0.2) is 36.4 Å². The van der Waals surface area contributed by atoms with Gasteiger partial charge in [0.15, 0.2) is 5.65 Å². The molecule has 0 aliphatic carbocycles. The lowest BCUT2D eigenvalue weighted by Gasteiger charge is -2.08. The number of aryl methyl sites for hydroxylation is 3. The SMILES string of the molecule is CCn1c(C)nc2cc(C)c(Oc3ccccc3)nc21. The molecule has 0 atom stereocenters. The minimum Gasteiger partial charge on any atom is -0.439 e. The van der Waals surface area contributed by atoms with Gasteiger partial charge in [-0.25, -0.2) is 4.98 Å². The van der Waals surface area contributed by atoms with Crippen molar-refractivity contribution in [2.45, 2.75) is 27.3 Å². The molecule has 4 heteroatoms. The third-order valence-electron chi connectivity index (χ3n) is 3.33. The van der Waals surface area contributed by atoms with Crippen LogP contribution in [0.2, 0.25) is 0 Å². The van der Waals surface area contributed by atoms with E-state index in [1.54, 1.807) is 0 Å². The minimum absolute atomic E-state index is 0.637. The molecule has 0 bridgehead atoms. The van der Waals surface area contributed by atoms with Gasteiger partial charge in [-0.15, -0.1) is 0 Å². The monoisotopic (exact) mass is 267 g/mol. The van der Waals surface area contributed by atoms with Crippen LogP contribution in [0.5, 0.6) is 11.6 Å². The van der Waals surface area contributed by atoms with E-state index in [4.69, 9.17) is 4.74 Å². The molecule has 4 nitrogen and oxygen atoms in total. The molecule has 0 fully saturated rings. The summed E-state index contributed by atoms with van der Waals surface area (Å²) in [4.78, 5) is 9.18. The average Bonchev–Trinajstić information content (AvgIpc) is 2.75. The number of fused-ring (bicyclic) bond motifs is 1. The Morgan fingerprint density at radius 3 is 2.55 bits per heavy atom. The summed E-state index contributed by atoms with van der Waals surface area (Å²) in [6, 6.07) is 11.7. The highest BCUT2D eigenvalue weighted by atomic mass is 16.5. The van der Waals surface area contributed by atoms with Crippen LogP contribution >= 0.6 is 0 Å². The summed E-state index contributed by atoms with van der Waals surface area (Å²) < 4.78 is 7.96. The number of pyridine rings is 1. The number of hydrogen-bond acceptors (Lipinski definition) is 3. The molecular formula is C16H17N3O. The number of ether oxygens (including phenoxy) is 1. The maximum Gasteiger partial charge on any atom is 0.224 e. The third-order valence-corrected chi connectivity index (χ3v) is 3.33. The molecule has 3 rings (SSSR count). The molecule has 0 unspecified atom stereocenters.